The molecule has 0 aliphatic heterocycles. The van der Waals surface area contributed by atoms with E-state index in [1.807, 2.05) is 11.4 Å². The first-order chi connectivity index (χ1) is 9.74. The summed E-state index contributed by atoms with van der Waals surface area (Å²) in [5.41, 5.74) is 0.785. The second-order valence-electron chi connectivity index (χ2n) is 5.72. The monoisotopic (exact) mass is 291 g/mol. The van der Waals surface area contributed by atoms with Crippen LogP contribution in [0.3, 0.4) is 0 Å². The fraction of sp³-hybridized carbons (Fsp3) is 0.600. The van der Waals surface area contributed by atoms with Gasteiger partial charge in [0.2, 0.25) is 0 Å². The van der Waals surface area contributed by atoms with Crippen LogP contribution in [0.25, 0.3) is 10.2 Å². The van der Waals surface area contributed by atoms with Crippen molar-refractivity contribution in [3.8, 4) is 0 Å². The summed E-state index contributed by atoms with van der Waals surface area (Å²) in [4.78, 5) is 19.3. The molecule has 5 heteroatoms. The van der Waals surface area contributed by atoms with Crippen LogP contribution in [0.1, 0.15) is 44.9 Å². The van der Waals surface area contributed by atoms with Crippen molar-refractivity contribution in [1.29, 1.82) is 0 Å². The van der Waals surface area contributed by atoms with E-state index in [0.717, 1.165) is 17.3 Å². The molecule has 108 valence electrons. The van der Waals surface area contributed by atoms with Crippen LogP contribution in [0.2, 0.25) is 0 Å². The number of fused-ring (bicyclic) bond motifs is 1. The van der Waals surface area contributed by atoms with Crippen molar-refractivity contribution in [2.45, 2.75) is 51.6 Å². The Kier molecular flexibility index (Phi) is 4.17. The summed E-state index contributed by atoms with van der Waals surface area (Å²) < 4.78 is 0.717. The fourth-order valence-corrected chi connectivity index (χ4v) is 3.79. The average Bonchev–Trinajstić information content (AvgIpc) is 2.94. The van der Waals surface area contributed by atoms with Gasteiger partial charge in [0.1, 0.15) is 10.5 Å². The van der Waals surface area contributed by atoms with Crippen molar-refractivity contribution in [3.63, 3.8) is 0 Å². The van der Waals surface area contributed by atoms with Crippen LogP contribution in [-0.2, 0) is 6.54 Å². The van der Waals surface area contributed by atoms with Gasteiger partial charge in [-0.3, -0.25) is 4.79 Å². The molecule has 1 aliphatic carbocycles. The van der Waals surface area contributed by atoms with Gasteiger partial charge in [0, 0.05) is 6.04 Å². The molecule has 2 N–H and O–H groups in total. The zero-order chi connectivity index (χ0) is 13.9. The topological polar surface area (TPSA) is 57.8 Å². The van der Waals surface area contributed by atoms with Crippen molar-refractivity contribution in [3.05, 3.63) is 27.6 Å². The number of hydrogen-bond acceptors (Lipinski definition) is 4. The van der Waals surface area contributed by atoms with Crippen LogP contribution >= 0.6 is 11.3 Å². The molecule has 2 aromatic heterocycles. The van der Waals surface area contributed by atoms with Crippen LogP contribution in [0.4, 0.5) is 0 Å². The molecule has 2 aromatic rings. The number of nitrogens with zero attached hydrogens (tertiary/aromatic N) is 1. The molecule has 3 rings (SSSR count). The third-order valence-corrected chi connectivity index (χ3v) is 5.21. The number of rotatable bonds is 4. The van der Waals surface area contributed by atoms with Crippen molar-refractivity contribution in [1.82, 2.24) is 15.3 Å². The van der Waals surface area contributed by atoms with Gasteiger partial charge < -0.3 is 10.3 Å². The number of aromatic nitrogens is 2. The number of aromatic amines is 1. The largest absolute Gasteiger partial charge is 0.308 e. The van der Waals surface area contributed by atoms with E-state index >= 15 is 0 Å². The number of nitrogens with one attached hydrogen (secondary N) is 2. The Morgan fingerprint density at radius 3 is 3.05 bits per heavy atom. The summed E-state index contributed by atoms with van der Waals surface area (Å²) in [7, 11) is 0. The molecule has 1 fully saturated rings. The molecule has 0 unspecified atom stereocenters. The normalized spacial score (nSPS) is 18.4. The Labute approximate surface area is 122 Å². The van der Waals surface area contributed by atoms with Crippen LogP contribution in [0.5, 0.6) is 0 Å². The average molecular weight is 291 g/mol. The van der Waals surface area contributed by atoms with Crippen molar-refractivity contribution < 1.29 is 0 Å². The van der Waals surface area contributed by atoms with E-state index in [1.165, 1.54) is 43.4 Å². The molecule has 0 radical (unpaired) electrons. The Hall–Kier alpha value is -1.20. The highest BCUT2D eigenvalue weighted by atomic mass is 32.1. The van der Waals surface area contributed by atoms with E-state index in [4.69, 9.17) is 0 Å². The predicted octanol–water partition coefficient (Wildman–Crippen LogP) is 3.04. The third kappa shape index (κ3) is 2.94. The zero-order valence-corrected chi connectivity index (χ0v) is 12.6. The highest BCUT2D eigenvalue weighted by Crippen LogP contribution is 2.26. The number of H-pyrrole nitrogens is 1. The van der Waals surface area contributed by atoms with Gasteiger partial charge in [-0.2, -0.15) is 0 Å². The van der Waals surface area contributed by atoms with E-state index in [-0.39, 0.29) is 5.56 Å². The van der Waals surface area contributed by atoms with Crippen LogP contribution in [0.15, 0.2) is 16.2 Å². The fourth-order valence-electron chi connectivity index (χ4n) is 3.06. The first kappa shape index (κ1) is 13.8. The second-order valence-corrected chi connectivity index (χ2v) is 6.63. The quantitative estimate of drug-likeness (QED) is 0.910. The lowest BCUT2D eigenvalue weighted by atomic mass is 9.84. The molecular formula is C15H21N3OS. The van der Waals surface area contributed by atoms with Crippen molar-refractivity contribution >= 4 is 21.6 Å². The Morgan fingerprint density at radius 1 is 1.45 bits per heavy atom. The minimum absolute atomic E-state index is 0.0212. The first-order valence-electron chi connectivity index (χ1n) is 7.44. The maximum Gasteiger partial charge on any atom is 0.268 e. The summed E-state index contributed by atoms with van der Waals surface area (Å²) >= 11 is 1.44. The second kappa shape index (κ2) is 6.06. The molecule has 1 saturated carbocycles. The predicted molar refractivity (Wildman–Crippen MR) is 83.1 cm³/mol. The molecule has 4 nitrogen and oxygen atoms in total. The van der Waals surface area contributed by atoms with Crippen LogP contribution in [0, 0.1) is 5.92 Å². The van der Waals surface area contributed by atoms with E-state index < -0.39 is 0 Å². The van der Waals surface area contributed by atoms with Gasteiger partial charge in [-0.05, 0) is 37.1 Å². The lowest BCUT2D eigenvalue weighted by Gasteiger charge is -2.28. The SMILES string of the molecule is C[C@H](NCc1nc2ccsc2c(=O)[nH]1)C1CCCCC1. The summed E-state index contributed by atoms with van der Waals surface area (Å²) in [5, 5.41) is 5.43. The van der Waals surface area contributed by atoms with E-state index in [2.05, 4.69) is 22.2 Å². The van der Waals surface area contributed by atoms with Crippen LogP contribution < -0.4 is 10.9 Å². The molecule has 20 heavy (non-hydrogen) atoms. The Bertz CT molecular complexity index is 627. The number of hydrogen-bond donors (Lipinski definition) is 2. The minimum atomic E-state index is -0.0212. The lowest BCUT2D eigenvalue weighted by molar-refractivity contribution is 0.279. The standard InChI is InChI=1S/C15H21N3OS/c1-10(11-5-3-2-4-6-11)16-9-13-17-12-7-8-20-14(12)15(19)18-13/h7-8,10-11,16H,2-6,9H2,1H3,(H,17,18,19)/t10-/m0/s1. The summed E-state index contributed by atoms with van der Waals surface area (Å²) in [6, 6.07) is 2.39. The molecule has 0 saturated heterocycles. The van der Waals surface area contributed by atoms with Crippen molar-refractivity contribution in [2.24, 2.45) is 5.92 Å². The van der Waals surface area contributed by atoms with Crippen molar-refractivity contribution in [2.75, 3.05) is 0 Å². The van der Waals surface area contributed by atoms with Gasteiger partial charge in [-0.15, -0.1) is 11.3 Å². The molecule has 0 amide bonds. The Balaban J connectivity index is 1.65. The maximum absolute atomic E-state index is 11.9. The summed E-state index contributed by atoms with van der Waals surface area (Å²) in [5.74, 6) is 1.50. The van der Waals surface area contributed by atoms with Gasteiger partial charge in [0.25, 0.3) is 5.56 Å². The summed E-state index contributed by atoms with van der Waals surface area (Å²) in [6.07, 6.45) is 6.73. The Morgan fingerprint density at radius 2 is 2.25 bits per heavy atom. The molecule has 0 aromatic carbocycles. The van der Waals surface area contributed by atoms with Gasteiger partial charge in [-0.25, -0.2) is 4.98 Å². The maximum atomic E-state index is 11.9. The van der Waals surface area contributed by atoms with Gasteiger partial charge >= 0.3 is 0 Å². The van der Waals surface area contributed by atoms with E-state index in [0.29, 0.717) is 17.3 Å². The lowest BCUT2D eigenvalue weighted by Crippen LogP contribution is -2.35. The molecule has 1 aliphatic rings. The first-order valence-corrected chi connectivity index (χ1v) is 8.32. The molecule has 0 spiro atoms. The van der Waals surface area contributed by atoms with E-state index in [9.17, 15) is 4.79 Å². The van der Waals surface area contributed by atoms with Gasteiger partial charge in [0.15, 0.2) is 0 Å². The van der Waals surface area contributed by atoms with Crippen LogP contribution in [-0.4, -0.2) is 16.0 Å². The highest BCUT2D eigenvalue weighted by molar-refractivity contribution is 7.17. The smallest absolute Gasteiger partial charge is 0.268 e. The molecule has 2 heterocycles. The minimum Gasteiger partial charge on any atom is -0.308 e. The molecule has 0 bridgehead atoms. The molecular weight excluding hydrogens is 270 g/mol. The highest BCUT2D eigenvalue weighted by Gasteiger charge is 2.19. The molecule has 1 atom stereocenters. The van der Waals surface area contributed by atoms with E-state index in [1.54, 1.807) is 0 Å². The summed E-state index contributed by atoms with van der Waals surface area (Å²) in [6.45, 7) is 2.88. The third-order valence-electron chi connectivity index (χ3n) is 4.31. The van der Waals surface area contributed by atoms with Gasteiger partial charge in [0.05, 0.1) is 12.1 Å². The number of thiophene rings is 1. The van der Waals surface area contributed by atoms with Gasteiger partial charge in [-0.1, -0.05) is 19.3 Å². The zero-order valence-electron chi connectivity index (χ0n) is 11.8.